The summed E-state index contributed by atoms with van der Waals surface area (Å²) in [5.74, 6) is 1.03. The van der Waals surface area contributed by atoms with Crippen molar-refractivity contribution < 1.29 is 4.42 Å². The van der Waals surface area contributed by atoms with E-state index in [2.05, 4.69) is 27.6 Å². The number of hydrogen-bond acceptors (Lipinski definition) is 5. The summed E-state index contributed by atoms with van der Waals surface area (Å²) < 4.78 is 5.77. The van der Waals surface area contributed by atoms with Gasteiger partial charge >= 0.3 is 0 Å². The highest BCUT2D eigenvalue weighted by Gasteiger charge is 2.13. The van der Waals surface area contributed by atoms with E-state index in [9.17, 15) is 0 Å². The lowest BCUT2D eigenvalue weighted by Crippen LogP contribution is -2.19. The molecule has 4 nitrogen and oxygen atoms in total. The number of nitrogens with one attached hydrogen (secondary N) is 1. The Morgan fingerprint density at radius 1 is 1.30 bits per heavy atom. The smallest absolute Gasteiger partial charge is 0.199 e. The molecule has 2 aromatic heterocycles. The Morgan fingerprint density at radius 2 is 2.15 bits per heavy atom. The predicted molar refractivity (Wildman–Crippen MR) is 81.0 cm³/mol. The molecule has 104 valence electrons. The van der Waals surface area contributed by atoms with Crippen molar-refractivity contribution >= 4 is 22.4 Å². The molecule has 0 bridgehead atoms. The highest BCUT2D eigenvalue weighted by molar-refractivity contribution is 7.09. The summed E-state index contributed by atoms with van der Waals surface area (Å²) in [6.07, 6.45) is 0. The average Bonchev–Trinajstić information content (AvgIpc) is 3.04. The number of benzene rings is 1. The molecule has 3 aromatic rings. The molecule has 0 aliphatic heterocycles. The predicted octanol–water partition coefficient (Wildman–Crippen LogP) is 3.49. The summed E-state index contributed by atoms with van der Waals surface area (Å²) >= 11 is 1.69. The van der Waals surface area contributed by atoms with Crippen LogP contribution in [0.2, 0.25) is 0 Å². The molecule has 0 saturated heterocycles. The van der Waals surface area contributed by atoms with Gasteiger partial charge in [-0.15, -0.1) is 11.3 Å². The van der Waals surface area contributed by atoms with Gasteiger partial charge in [0, 0.05) is 30.1 Å². The summed E-state index contributed by atoms with van der Waals surface area (Å²) in [7, 11) is 0. The Morgan fingerprint density at radius 3 is 2.90 bits per heavy atom. The number of hydrogen-bond donors (Lipinski definition) is 1. The minimum absolute atomic E-state index is 0.239. The minimum Gasteiger partial charge on any atom is -0.440 e. The molecule has 0 fully saturated rings. The Hall–Kier alpha value is -1.72. The molecular formula is C15H17N3OS. The van der Waals surface area contributed by atoms with Crippen molar-refractivity contribution in [2.45, 2.75) is 26.3 Å². The molecule has 0 amide bonds. The zero-order valence-corrected chi connectivity index (χ0v) is 12.4. The molecule has 3 rings (SSSR count). The van der Waals surface area contributed by atoms with Crippen molar-refractivity contribution in [2.75, 3.05) is 6.54 Å². The second kappa shape index (κ2) is 5.73. The molecule has 2 heterocycles. The molecule has 0 saturated carbocycles. The third-order valence-corrected chi connectivity index (χ3v) is 4.09. The van der Waals surface area contributed by atoms with E-state index in [1.165, 1.54) is 0 Å². The fourth-order valence-electron chi connectivity index (χ4n) is 2.07. The van der Waals surface area contributed by atoms with Crippen LogP contribution in [0.5, 0.6) is 0 Å². The third kappa shape index (κ3) is 2.89. The van der Waals surface area contributed by atoms with Gasteiger partial charge in [-0.1, -0.05) is 19.1 Å². The topological polar surface area (TPSA) is 51.0 Å². The maximum absolute atomic E-state index is 5.77. The van der Waals surface area contributed by atoms with Gasteiger partial charge in [0.2, 0.25) is 0 Å². The maximum atomic E-state index is 5.77. The van der Waals surface area contributed by atoms with E-state index in [0.29, 0.717) is 0 Å². The fraction of sp³-hybridized carbons (Fsp3) is 0.333. The zero-order valence-electron chi connectivity index (χ0n) is 11.6. The molecule has 1 aromatic carbocycles. The summed E-state index contributed by atoms with van der Waals surface area (Å²) in [5.41, 5.74) is 2.86. The van der Waals surface area contributed by atoms with Crippen LogP contribution in [-0.4, -0.2) is 16.5 Å². The van der Waals surface area contributed by atoms with Gasteiger partial charge in [0.1, 0.15) is 10.5 Å². The Bertz CT molecular complexity index is 671. The fourth-order valence-corrected chi connectivity index (χ4v) is 2.81. The van der Waals surface area contributed by atoms with Crippen molar-refractivity contribution in [2.24, 2.45) is 0 Å². The van der Waals surface area contributed by atoms with Crippen LogP contribution < -0.4 is 5.32 Å². The normalized spacial score (nSPS) is 12.9. The molecule has 0 spiro atoms. The molecule has 1 atom stereocenters. The van der Waals surface area contributed by atoms with E-state index < -0.39 is 0 Å². The number of aromatic nitrogens is 2. The quantitative estimate of drug-likeness (QED) is 0.780. The van der Waals surface area contributed by atoms with Crippen molar-refractivity contribution in [3.63, 3.8) is 0 Å². The molecule has 20 heavy (non-hydrogen) atoms. The summed E-state index contributed by atoms with van der Waals surface area (Å²) in [4.78, 5) is 8.95. The lowest BCUT2D eigenvalue weighted by molar-refractivity contribution is 0.466. The van der Waals surface area contributed by atoms with Gasteiger partial charge in [-0.05, 0) is 19.1 Å². The van der Waals surface area contributed by atoms with Crippen LogP contribution >= 0.6 is 11.3 Å². The van der Waals surface area contributed by atoms with Crippen LogP contribution in [0.3, 0.4) is 0 Å². The number of oxazole rings is 1. The van der Waals surface area contributed by atoms with Gasteiger partial charge in [0.15, 0.2) is 11.5 Å². The van der Waals surface area contributed by atoms with Crippen molar-refractivity contribution in [1.29, 1.82) is 0 Å². The maximum Gasteiger partial charge on any atom is 0.199 e. The Labute approximate surface area is 121 Å². The SMILES string of the molecule is Cc1csc(CNC[C@@H](C)c2nc3ccccc3o2)n1. The van der Waals surface area contributed by atoms with E-state index >= 15 is 0 Å². The minimum atomic E-state index is 0.239. The Balaban J connectivity index is 1.59. The summed E-state index contributed by atoms with van der Waals surface area (Å²) in [6.45, 7) is 5.75. The van der Waals surface area contributed by atoms with Crippen LogP contribution in [0.15, 0.2) is 34.1 Å². The number of nitrogens with zero attached hydrogens (tertiary/aromatic N) is 2. The largest absolute Gasteiger partial charge is 0.440 e. The van der Waals surface area contributed by atoms with E-state index in [1.54, 1.807) is 11.3 Å². The number of para-hydroxylation sites is 2. The highest BCUT2D eigenvalue weighted by Crippen LogP contribution is 2.20. The van der Waals surface area contributed by atoms with Gasteiger partial charge in [-0.2, -0.15) is 0 Å². The van der Waals surface area contributed by atoms with Gasteiger partial charge < -0.3 is 9.73 Å². The molecule has 0 aliphatic rings. The van der Waals surface area contributed by atoms with Gasteiger partial charge in [-0.3, -0.25) is 0 Å². The van der Waals surface area contributed by atoms with Crippen LogP contribution in [0.4, 0.5) is 0 Å². The monoisotopic (exact) mass is 287 g/mol. The molecule has 5 heteroatoms. The molecule has 0 unspecified atom stereocenters. The van der Waals surface area contributed by atoms with Gasteiger partial charge in [-0.25, -0.2) is 9.97 Å². The van der Waals surface area contributed by atoms with Crippen molar-refractivity contribution in [3.05, 3.63) is 46.2 Å². The number of rotatable bonds is 5. The third-order valence-electron chi connectivity index (χ3n) is 3.13. The van der Waals surface area contributed by atoms with Crippen LogP contribution in [0.1, 0.15) is 29.4 Å². The van der Waals surface area contributed by atoms with Crippen LogP contribution in [-0.2, 0) is 6.54 Å². The van der Waals surface area contributed by atoms with Crippen LogP contribution in [0.25, 0.3) is 11.1 Å². The number of fused-ring (bicyclic) bond motifs is 1. The number of aryl methyl sites for hydroxylation is 1. The molecule has 0 aliphatic carbocycles. The van der Waals surface area contributed by atoms with E-state index in [-0.39, 0.29) is 5.92 Å². The first-order chi connectivity index (χ1) is 9.72. The summed E-state index contributed by atoms with van der Waals surface area (Å²) in [6, 6.07) is 7.86. The van der Waals surface area contributed by atoms with Crippen LogP contribution in [0, 0.1) is 6.92 Å². The van der Waals surface area contributed by atoms with Gasteiger partial charge in [0.25, 0.3) is 0 Å². The van der Waals surface area contributed by atoms with Crippen molar-refractivity contribution in [3.8, 4) is 0 Å². The lowest BCUT2D eigenvalue weighted by Gasteiger charge is -2.07. The van der Waals surface area contributed by atoms with Gasteiger partial charge in [0.05, 0.1) is 0 Å². The van der Waals surface area contributed by atoms with Crippen molar-refractivity contribution in [1.82, 2.24) is 15.3 Å². The highest BCUT2D eigenvalue weighted by atomic mass is 32.1. The van der Waals surface area contributed by atoms with E-state index in [1.807, 2.05) is 31.2 Å². The molecule has 1 N–H and O–H groups in total. The first-order valence-electron chi connectivity index (χ1n) is 6.69. The van der Waals surface area contributed by atoms with E-state index in [0.717, 1.165) is 40.8 Å². The Kier molecular flexibility index (Phi) is 3.80. The number of thiazole rings is 1. The summed E-state index contributed by atoms with van der Waals surface area (Å²) in [5, 5.41) is 6.59. The second-order valence-corrected chi connectivity index (χ2v) is 5.88. The lowest BCUT2D eigenvalue weighted by atomic mass is 10.2. The first kappa shape index (κ1) is 13.3. The average molecular weight is 287 g/mol. The first-order valence-corrected chi connectivity index (χ1v) is 7.57. The standard InChI is InChI=1S/C15H17N3OS/c1-10(7-16-8-14-17-11(2)9-20-14)15-18-12-5-3-4-6-13(12)19-15/h3-6,9-10,16H,7-8H2,1-2H3/t10-/m1/s1. The molecular weight excluding hydrogens is 270 g/mol. The van der Waals surface area contributed by atoms with E-state index in [4.69, 9.17) is 4.42 Å². The zero-order chi connectivity index (χ0) is 13.9. The molecule has 0 radical (unpaired) electrons. The second-order valence-electron chi connectivity index (χ2n) is 4.93.